The lowest BCUT2D eigenvalue weighted by Crippen LogP contribution is -2.30. The molecule has 19 heteroatoms. The molecule has 17 nitrogen and oxygen atoms in total. The van der Waals surface area contributed by atoms with E-state index in [1.54, 1.807) is 0 Å². The van der Waals surface area contributed by atoms with E-state index in [2.05, 4.69) is 34.6 Å². The van der Waals surface area contributed by atoms with Crippen molar-refractivity contribution in [1.29, 1.82) is 0 Å². The van der Waals surface area contributed by atoms with Gasteiger partial charge in [-0.15, -0.1) is 0 Å². The number of unbranched alkanes of at least 4 members (excludes halogenated alkanes) is 43. The number of carbonyl (C=O) groups is 4. The predicted molar refractivity (Wildman–Crippen MR) is 368 cm³/mol. The van der Waals surface area contributed by atoms with Crippen molar-refractivity contribution in [2.45, 2.75) is 393 Å². The van der Waals surface area contributed by atoms with Crippen LogP contribution in [0.5, 0.6) is 0 Å². The Kier molecular flexibility index (Phi) is 64.0. The van der Waals surface area contributed by atoms with Crippen LogP contribution in [0, 0.1) is 5.92 Å². The minimum atomic E-state index is -4.95. The largest absolute Gasteiger partial charge is 0.472 e. The molecule has 540 valence electrons. The van der Waals surface area contributed by atoms with Crippen LogP contribution in [0.25, 0.3) is 0 Å². The van der Waals surface area contributed by atoms with Gasteiger partial charge in [0.1, 0.15) is 19.3 Å². The van der Waals surface area contributed by atoms with E-state index in [9.17, 15) is 43.2 Å². The SMILES string of the molecule is CCCCCCCCCCCCCCCCCCCCCCCCC(=O)O[C@H](COC(=O)CCCCCCCCC(C)CC)COP(=O)(O)OC[C@@H](O)COP(=O)(O)OC[C@@H](COC(=O)CCCCCCCCCCC)OC(=O)CCCCCCCCCCCC. The van der Waals surface area contributed by atoms with Crippen LogP contribution in [-0.2, 0) is 65.4 Å². The van der Waals surface area contributed by atoms with E-state index in [1.807, 2.05) is 0 Å². The van der Waals surface area contributed by atoms with Gasteiger partial charge in [0.2, 0.25) is 0 Å². The lowest BCUT2D eigenvalue weighted by atomic mass is 10.00. The molecule has 0 aliphatic rings. The van der Waals surface area contributed by atoms with Gasteiger partial charge in [-0.2, -0.15) is 0 Å². The Bertz CT molecular complexity index is 1760. The standard InChI is InChI=1S/C72H140O17P2/c1-6-10-13-16-19-22-24-25-26-27-28-29-30-31-32-33-34-35-38-41-48-53-58-72(77)89-68(62-83-70(75)56-51-46-43-42-44-49-54-65(5)9-4)64-87-91(80,81)85-60-66(73)59-84-90(78,79)86-63-67(61-82-69(74)55-50-45-39-36-21-18-15-12-8-3)88-71(76)57-52-47-40-37-23-20-17-14-11-7-2/h65-68,73H,6-64H2,1-5H3,(H,78,79)(H,80,81)/t65?,66-,67+,68+/m0/s1. The first-order valence-electron chi connectivity index (χ1n) is 37.7. The molecule has 0 spiro atoms. The topological polar surface area (TPSA) is 237 Å². The molecule has 91 heavy (non-hydrogen) atoms. The average molecular weight is 1340 g/mol. The molecule has 6 atom stereocenters. The highest BCUT2D eigenvalue weighted by Crippen LogP contribution is 2.45. The molecule has 0 aliphatic heterocycles. The van der Waals surface area contributed by atoms with Crippen molar-refractivity contribution in [3.05, 3.63) is 0 Å². The van der Waals surface area contributed by atoms with Crippen molar-refractivity contribution in [3.8, 4) is 0 Å². The molecular weight excluding hydrogens is 1200 g/mol. The number of ether oxygens (including phenoxy) is 4. The monoisotopic (exact) mass is 1340 g/mol. The summed E-state index contributed by atoms with van der Waals surface area (Å²) in [6.45, 7) is 7.19. The maximum atomic E-state index is 13.0. The summed E-state index contributed by atoms with van der Waals surface area (Å²) in [6.07, 6.45) is 53.0. The fourth-order valence-corrected chi connectivity index (χ4v) is 12.5. The zero-order valence-electron chi connectivity index (χ0n) is 59.0. The molecular formula is C72H140O17P2. The van der Waals surface area contributed by atoms with E-state index >= 15 is 0 Å². The second-order valence-electron chi connectivity index (χ2n) is 26.2. The van der Waals surface area contributed by atoms with Crippen LogP contribution in [0.15, 0.2) is 0 Å². The van der Waals surface area contributed by atoms with E-state index in [0.717, 1.165) is 102 Å². The molecule has 0 saturated heterocycles. The second-order valence-corrected chi connectivity index (χ2v) is 29.1. The molecule has 0 aromatic rings. The quantitative estimate of drug-likeness (QED) is 0.0222. The van der Waals surface area contributed by atoms with E-state index in [1.165, 1.54) is 193 Å². The number of hydrogen-bond acceptors (Lipinski definition) is 15. The molecule has 3 unspecified atom stereocenters. The number of carbonyl (C=O) groups excluding carboxylic acids is 4. The Morgan fingerprint density at radius 3 is 0.780 bits per heavy atom. The number of phosphoric acid groups is 2. The number of hydrogen-bond donors (Lipinski definition) is 3. The van der Waals surface area contributed by atoms with Gasteiger partial charge in [-0.05, 0) is 31.6 Å². The highest BCUT2D eigenvalue weighted by molar-refractivity contribution is 7.47. The maximum absolute atomic E-state index is 13.0. The fraction of sp³-hybridized carbons (Fsp3) is 0.944. The smallest absolute Gasteiger partial charge is 0.462 e. The number of aliphatic hydroxyl groups is 1. The lowest BCUT2D eigenvalue weighted by Gasteiger charge is -2.21. The third-order valence-electron chi connectivity index (χ3n) is 17.1. The Morgan fingerprint density at radius 1 is 0.308 bits per heavy atom. The minimum Gasteiger partial charge on any atom is -0.462 e. The maximum Gasteiger partial charge on any atom is 0.472 e. The Labute approximate surface area is 556 Å². The van der Waals surface area contributed by atoms with Crippen LogP contribution in [0.2, 0.25) is 0 Å². The predicted octanol–water partition coefficient (Wildman–Crippen LogP) is 20.9. The van der Waals surface area contributed by atoms with Crippen LogP contribution in [-0.4, -0.2) is 96.7 Å². The van der Waals surface area contributed by atoms with Crippen LogP contribution < -0.4 is 0 Å². The summed E-state index contributed by atoms with van der Waals surface area (Å²) in [5, 5.41) is 10.6. The van der Waals surface area contributed by atoms with Gasteiger partial charge in [0.15, 0.2) is 12.2 Å². The fourth-order valence-electron chi connectivity index (χ4n) is 11.0. The van der Waals surface area contributed by atoms with E-state index < -0.39 is 97.5 Å². The summed E-state index contributed by atoms with van der Waals surface area (Å²) in [5.41, 5.74) is 0. The van der Waals surface area contributed by atoms with Crippen molar-refractivity contribution in [3.63, 3.8) is 0 Å². The summed E-state index contributed by atoms with van der Waals surface area (Å²) < 4.78 is 68.2. The second kappa shape index (κ2) is 65.4. The highest BCUT2D eigenvalue weighted by Gasteiger charge is 2.30. The summed E-state index contributed by atoms with van der Waals surface area (Å²) in [4.78, 5) is 72.4. The van der Waals surface area contributed by atoms with Crippen molar-refractivity contribution < 1.29 is 80.2 Å². The number of phosphoric ester groups is 2. The normalized spacial score (nSPS) is 14.3. The van der Waals surface area contributed by atoms with E-state index in [-0.39, 0.29) is 25.7 Å². The minimum absolute atomic E-state index is 0.106. The van der Waals surface area contributed by atoms with Crippen molar-refractivity contribution in [1.82, 2.24) is 0 Å². The van der Waals surface area contributed by atoms with E-state index in [0.29, 0.717) is 25.7 Å². The molecule has 0 aromatic carbocycles. The molecule has 0 aliphatic carbocycles. The van der Waals surface area contributed by atoms with Gasteiger partial charge in [0.05, 0.1) is 26.4 Å². The van der Waals surface area contributed by atoms with Crippen molar-refractivity contribution in [2.75, 3.05) is 39.6 Å². The zero-order valence-corrected chi connectivity index (χ0v) is 60.8. The third-order valence-corrected chi connectivity index (χ3v) is 19.0. The summed E-state index contributed by atoms with van der Waals surface area (Å²) in [7, 11) is -9.90. The first-order chi connectivity index (χ1) is 44.1. The summed E-state index contributed by atoms with van der Waals surface area (Å²) in [6, 6.07) is 0. The van der Waals surface area contributed by atoms with Gasteiger partial charge in [0, 0.05) is 25.7 Å². The molecule has 0 saturated carbocycles. The molecule has 0 bridgehead atoms. The Balaban J connectivity index is 5.12. The van der Waals surface area contributed by atoms with Gasteiger partial charge in [-0.1, -0.05) is 324 Å². The summed E-state index contributed by atoms with van der Waals surface area (Å²) >= 11 is 0. The van der Waals surface area contributed by atoms with Crippen LogP contribution in [0.3, 0.4) is 0 Å². The van der Waals surface area contributed by atoms with Gasteiger partial charge in [-0.3, -0.25) is 37.3 Å². The molecule has 3 N–H and O–H groups in total. The number of rotatable bonds is 72. The average Bonchev–Trinajstić information content (AvgIpc) is 3.52. The molecule has 0 amide bonds. The first-order valence-corrected chi connectivity index (χ1v) is 40.7. The van der Waals surface area contributed by atoms with Crippen LogP contribution >= 0.6 is 15.6 Å². The van der Waals surface area contributed by atoms with Crippen molar-refractivity contribution >= 4 is 39.5 Å². The first kappa shape index (κ1) is 89.1. The van der Waals surface area contributed by atoms with Gasteiger partial charge in [-0.25, -0.2) is 9.13 Å². The summed E-state index contributed by atoms with van der Waals surface area (Å²) in [5.74, 6) is -1.39. The number of esters is 4. The molecule has 0 fully saturated rings. The molecule has 0 aromatic heterocycles. The highest BCUT2D eigenvalue weighted by atomic mass is 31.2. The number of aliphatic hydroxyl groups excluding tert-OH is 1. The zero-order chi connectivity index (χ0) is 67.0. The lowest BCUT2D eigenvalue weighted by molar-refractivity contribution is -0.161. The van der Waals surface area contributed by atoms with Gasteiger partial charge in [0.25, 0.3) is 0 Å². The molecule has 0 rings (SSSR count). The van der Waals surface area contributed by atoms with Crippen LogP contribution in [0.1, 0.15) is 375 Å². The Hall–Kier alpha value is -1.94. The molecule has 0 heterocycles. The van der Waals surface area contributed by atoms with Crippen molar-refractivity contribution in [2.24, 2.45) is 5.92 Å². The van der Waals surface area contributed by atoms with Crippen LogP contribution in [0.4, 0.5) is 0 Å². The van der Waals surface area contributed by atoms with Gasteiger partial charge < -0.3 is 33.8 Å². The Morgan fingerprint density at radius 2 is 0.527 bits per heavy atom. The third kappa shape index (κ3) is 65.1. The van der Waals surface area contributed by atoms with Gasteiger partial charge >= 0.3 is 39.5 Å². The van der Waals surface area contributed by atoms with E-state index in [4.69, 9.17) is 37.0 Å². The molecule has 0 radical (unpaired) electrons.